The highest BCUT2D eigenvalue weighted by Crippen LogP contribution is 2.23. The van der Waals surface area contributed by atoms with E-state index >= 15 is 0 Å². The Morgan fingerprint density at radius 3 is 1.55 bits per heavy atom. The molecule has 6 unspecified atom stereocenters. The number of hydrogen-bond acceptors (Lipinski definition) is 10. The Hall–Kier alpha value is -2.31. The molecule has 0 spiro atoms. The number of carboxylic acid groups (broad SMARTS) is 1. The van der Waals surface area contributed by atoms with Gasteiger partial charge in [0.2, 0.25) is 0 Å². The zero-order chi connectivity index (χ0) is 40.4. The van der Waals surface area contributed by atoms with Gasteiger partial charge in [-0.1, -0.05) is 154 Å². The molecule has 1 heterocycles. The number of unbranched alkanes of at least 4 members (excludes halogenated alkanes) is 21. The van der Waals surface area contributed by atoms with Crippen LogP contribution >= 0.6 is 0 Å². The second-order valence-electron chi connectivity index (χ2n) is 15.2. The monoisotopic (exact) mass is 783 g/mol. The number of aliphatic hydroxyl groups is 3. The molecule has 1 saturated heterocycles. The molecule has 0 saturated carbocycles. The zero-order valence-corrected chi connectivity index (χ0v) is 34.4. The number of rotatable bonds is 36. The summed E-state index contributed by atoms with van der Waals surface area (Å²) >= 11 is 0. The highest BCUT2D eigenvalue weighted by Gasteiger charge is 2.47. The first-order chi connectivity index (χ1) is 26.7. The van der Waals surface area contributed by atoms with Gasteiger partial charge in [-0.25, -0.2) is 4.79 Å². The lowest BCUT2D eigenvalue weighted by Crippen LogP contribution is -2.60. The van der Waals surface area contributed by atoms with Gasteiger partial charge in [-0.15, -0.1) is 0 Å². The number of aliphatic carboxylic acids is 1. The van der Waals surface area contributed by atoms with Crippen LogP contribution < -0.4 is 0 Å². The van der Waals surface area contributed by atoms with E-state index < -0.39 is 61.3 Å². The molecule has 11 nitrogen and oxygen atoms in total. The van der Waals surface area contributed by atoms with Crippen LogP contribution in [0.15, 0.2) is 24.3 Å². The third-order valence-electron chi connectivity index (χ3n) is 10.1. The smallest absolute Gasteiger partial charge is 0.335 e. The van der Waals surface area contributed by atoms with E-state index in [2.05, 4.69) is 38.2 Å². The van der Waals surface area contributed by atoms with Gasteiger partial charge in [0.25, 0.3) is 0 Å². The van der Waals surface area contributed by atoms with Crippen LogP contribution in [0.25, 0.3) is 0 Å². The molecule has 0 aromatic heterocycles. The van der Waals surface area contributed by atoms with Crippen molar-refractivity contribution >= 4 is 17.9 Å². The molecule has 0 aliphatic carbocycles. The normalized spacial score (nSPS) is 20.6. The van der Waals surface area contributed by atoms with Crippen molar-refractivity contribution in [3.8, 4) is 0 Å². The molecule has 0 aromatic carbocycles. The topological polar surface area (TPSA) is 169 Å². The lowest BCUT2D eigenvalue weighted by molar-refractivity contribution is -0.298. The second kappa shape index (κ2) is 34.9. The van der Waals surface area contributed by atoms with Crippen LogP contribution in [0.5, 0.6) is 0 Å². The van der Waals surface area contributed by atoms with Gasteiger partial charge in [0.05, 0.1) is 6.61 Å². The Balaban J connectivity index is 2.39. The SMILES string of the molecule is CCCCC/C=C\C/C=C\CCCCCCCC(=O)OCC(COC1OC(C(=O)O)C(O)C(O)C1O)OC(=O)CCCCCCCCCCCCCCCC. The van der Waals surface area contributed by atoms with E-state index in [-0.39, 0.29) is 19.4 Å². The van der Waals surface area contributed by atoms with Gasteiger partial charge in [0.1, 0.15) is 24.9 Å². The van der Waals surface area contributed by atoms with Crippen LogP contribution in [0, 0.1) is 0 Å². The second-order valence-corrected chi connectivity index (χ2v) is 15.2. The molecule has 4 N–H and O–H groups in total. The first-order valence-electron chi connectivity index (χ1n) is 21.9. The Bertz CT molecular complexity index is 1020. The minimum Gasteiger partial charge on any atom is -0.479 e. The van der Waals surface area contributed by atoms with Gasteiger partial charge in [-0.2, -0.15) is 0 Å². The molecule has 0 radical (unpaired) electrons. The van der Waals surface area contributed by atoms with Crippen LogP contribution in [0.1, 0.15) is 187 Å². The summed E-state index contributed by atoms with van der Waals surface area (Å²) in [6, 6.07) is 0. The van der Waals surface area contributed by atoms with Crippen molar-refractivity contribution in [2.75, 3.05) is 13.2 Å². The van der Waals surface area contributed by atoms with E-state index in [9.17, 15) is 34.8 Å². The molecule has 6 atom stereocenters. The molecule has 1 aliphatic rings. The predicted molar refractivity (Wildman–Crippen MR) is 215 cm³/mol. The molecule has 320 valence electrons. The molecule has 55 heavy (non-hydrogen) atoms. The fourth-order valence-electron chi connectivity index (χ4n) is 6.56. The average Bonchev–Trinajstić information content (AvgIpc) is 3.17. The summed E-state index contributed by atoms with van der Waals surface area (Å²) in [5.74, 6) is -2.45. The number of hydrogen-bond donors (Lipinski definition) is 4. The summed E-state index contributed by atoms with van der Waals surface area (Å²) in [5, 5.41) is 39.8. The van der Waals surface area contributed by atoms with Gasteiger partial charge in [0, 0.05) is 12.8 Å². The van der Waals surface area contributed by atoms with Crippen LogP contribution in [-0.4, -0.2) is 88.4 Å². The van der Waals surface area contributed by atoms with E-state index in [1.54, 1.807) is 0 Å². The Morgan fingerprint density at radius 2 is 1.02 bits per heavy atom. The Kier molecular flexibility index (Phi) is 32.2. The predicted octanol–water partition coefficient (Wildman–Crippen LogP) is 9.04. The summed E-state index contributed by atoms with van der Waals surface area (Å²) < 4.78 is 21.7. The molecule has 0 aromatic rings. The first-order valence-corrected chi connectivity index (χ1v) is 21.9. The van der Waals surface area contributed by atoms with Gasteiger partial charge >= 0.3 is 17.9 Å². The summed E-state index contributed by atoms with van der Waals surface area (Å²) in [7, 11) is 0. The number of carbonyl (C=O) groups excluding carboxylic acids is 2. The molecule has 1 rings (SSSR count). The van der Waals surface area contributed by atoms with Crippen LogP contribution in [0.2, 0.25) is 0 Å². The minimum atomic E-state index is -1.86. The number of esters is 2. The van der Waals surface area contributed by atoms with Gasteiger partial charge in [0.15, 0.2) is 18.5 Å². The maximum atomic E-state index is 12.7. The third-order valence-corrected chi connectivity index (χ3v) is 10.1. The molecular weight excluding hydrogens is 704 g/mol. The largest absolute Gasteiger partial charge is 0.479 e. The van der Waals surface area contributed by atoms with E-state index in [4.69, 9.17) is 18.9 Å². The van der Waals surface area contributed by atoms with E-state index in [1.807, 2.05) is 0 Å². The Morgan fingerprint density at radius 1 is 0.564 bits per heavy atom. The summed E-state index contributed by atoms with van der Waals surface area (Å²) in [6.45, 7) is 3.77. The van der Waals surface area contributed by atoms with E-state index in [0.29, 0.717) is 12.8 Å². The maximum Gasteiger partial charge on any atom is 0.335 e. The van der Waals surface area contributed by atoms with Crippen molar-refractivity contribution in [3.63, 3.8) is 0 Å². The molecule has 1 aliphatic heterocycles. The average molecular weight is 783 g/mol. The fraction of sp³-hybridized carbons (Fsp3) is 0.841. The van der Waals surface area contributed by atoms with Crippen LogP contribution in [0.3, 0.4) is 0 Å². The van der Waals surface area contributed by atoms with Crippen LogP contribution in [-0.2, 0) is 33.3 Å². The van der Waals surface area contributed by atoms with Crippen molar-refractivity contribution in [2.45, 2.75) is 224 Å². The molecule has 0 bridgehead atoms. The Labute approximate surface area is 332 Å². The van der Waals surface area contributed by atoms with Gasteiger partial charge < -0.3 is 39.4 Å². The van der Waals surface area contributed by atoms with Crippen molar-refractivity contribution in [2.24, 2.45) is 0 Å². The quantitative estimate of drug-likeness (QED) is 0.0272. The summed E-state index contributed by atoms with van der Waals surface area (Å²) in [4.78, 5) is 36.8. The van der Waals surface area contributed by atoms with Crippen molar-refractivity contribution < 1.29 is 53.8 Å². The number of carboxylic acids is 1. The zero-order valence-electron chi connectivity index (χ0n) is 34.4. The maximum absolute atomic E-state index is 12.7. The van der Waals surface area contributed by atoms with Crippen molar-refractivity contribution in [1.29, 1.82) is 0 Å². The number of aliphatic hydroxyl groups excluding tert-OH is 3. The lowest BCUT2D eigenvalue weighted by atomic mass is 9.99. The van der Waals surface area contributed by atoms with Crippen molar-refractivity contribution in [3.05, 3.63) is 24.3 Å². The standard InChI is InChI=1S/C44H78O11/c1-3-5-7-9-11-13-15-17-19-21-22-24-26-28-30-32-37(45)52-34-36(35-53-44-41(49)39(47)40(48)42(55-44)43(50)51)54-38(46)33-31-29-27-25-23-20-18-16-14-12-10-8-6-4-2/h11,13,17,19,36,39-42,44,47-49H,3-10,12,14-16,18,20-35H2,1-2H3,(H,50,51)/b13-11-,19-17-. The van der Waals surface area contributed by atoms with Gasteiger partial charge in [-0.05, 0) is 44.9 Å². The third kappa shape index (κ3) is 27.0. The molecule has 0 amide bonds. The molecule has 1 fully saturated rings. The highest BCUT2D eigenvalue weighted by atomic mass is 16.7. The van der Waals surface area contributed by atoms with E-state index in [1.165, 1.54) is 83.5 Å². The number of allylic oxidation sites excluding steroid dienone is 4. The minimum absolute atomic E-state index is 0.184. The number of ether oxygens (including phenoxy) is 4. The van der Waals surface area contributed by atoms with Gasteiger partial charge in [-0.3, -0.25) is 9.59 Å². The van der Waals surface area contributed by atoms with Crippen molar-refractivity contribution in [1.82, 2.24) is 0 Å². The number of carbonyl (C=O) groups is 3. The lowest BCUT2D eigenvalue weighted by Gasteiger charge is -2.38. The first kappa shape index (κ1) is 50.7. The highest BCUT2D eigenvalue weighted by molar-refractivity contribution is 5.73. The summed E-state index contributed by atoms with van der Waals surface area (Å²) in [5.41, 5.74) is 0. The summed E-state index contributed by atoms with van der Waals surface area (Å²) in [6.07, 6.45) is 28.0. The fourth-order valence-corrected chi connectivity index (χ4v) is 6.56. The van der Waals surface area contributed by atoms with Crippen LogP contribution in [0.4, 0.5) is 0 Å². The van der Waals surface area contributed by atoms with E-state index in [0.717, 1.165) is 64.2 Å². The molecule has 11 heteroatoms. The molecular formula is C44H78O11.